The van der Waals surface area contributed by atoms with Gasteiger partial charge in [-0.1, -0.05) is 12.0 Å². The molecule has 0 radical (unpaired) electrons. The molecule has 2 heterocycles. The molecule has 0 unspecified atom stereocenters. The highest BCUT2D eigenvalue weighted by Crippen LogP contribution is 2.12. The average molecular weight is 315 g/mol. The van der Waals surface area contributed by atoms with Crippen molar-refractivity contribution in [1.82, 2.24) is 20.5 Å². The number of hydrogen-bond acceptors (Lipinski definition) is 4. The van der Waals surface area contributed by atoms with Gasteiger partial charge in [0.15, 0.2) is 0 Å². The second kappa shape index (κ2) is 9.01. The van der Waals surface area contributed by atoms with Crippen molar-refractivity contribution in [3.8, 4) is 11.8 Å². The van der Waals surface area contributed by atoms with E-state index in [1.807, 2.05) is 31.3 Å². The molecule has 6 heteroatoms. The van der Waals surface area contributed by atoms with Gasteiger partial charge in [0.2, 0.25) is 0 Å². The van der Waals surface area contributed by atoms with Gasteiger partial charge in [0.05, 0.1) is 6.54 Å². The van der Waals surface area contributed by atoms with Crippen molar-refractivity contribution in [3.63, 3.8) is 0 Å². The third kappa shape index (κ3) is 5.80. The Labute approximate surface area is 138 Å². The molecule has 1 fully saturated rings. The van der Waals surface area contributed by atoms with Crippen LogP contribution in [0.1, 0.15) is 13.8 Å². The number of amides is 2. The van der Waals surface area contributed by atoms with E-state index in [2.05, 4.69) is 37.3 Å². The lowest BCUT2D eigenvalue weighted by molar-refractivity contribution is 0.218. The van der Waals surface area contributed by atoms with Gasteiger partial charge >= 0.3 is 6.03 Å². The number of piperazine rings is 1. The standard InChI is InChI=1S/C17H25N5O/c1-3-4-8-19-17(23)20-15(2)14-21-10-12-22(13-11-21)16-7-5-6-9-18-16/h5-7,9,15H,8,10-14H2,1-2H3,(H2,19,20,23)/t15-/m1/s1. The van der Waals surface area contributed by atoms with Crippen molar-refractivity contribution < 1.29 is 4.79 Å². The number of rotatable bonds is 5. The first-order valence-electron chi connectivity index (χ1n) is 8.01. The highest BCUT2D eigenvalue weighted by molar-refractivity contribution is 5.74. The topological polar surface area (TPSA) is 60.5 Å². The molecule has 124 valence electrons. The summed E-state index contributed by atoms with van der Waals surface area (Å²) in [6, 6.07) is 5.94. The second-order valence-corrected chi connectivity index (χ2v) is 5.63. The Hall–Kier alpha value is -2.26. The van der Waals surface area contributed by atoms with Crippen molar-refractivity contribution in [3.05, 3.63) is 24.4 Å². The SMILES string of the molecule is CC#CCNC(=O)N[C@H](C)CN1CCN(c2ccccn2)CC1. The summed E-state index contributed by atoms with van der Waals surface area (Å²) < 4.78 is 0. The lowest BCUT2D eigenvalue weighted by atomic mass is 10.2. The maximum atomic E-state index is 11.7. The molecule has 1 atom stereocenters. The van der Waals surface area contributed by atoms with Gasteiger partial charge in [-0.3, -0.25) is 4.90 Å². The fraction of sp³-hybridized carbons (Fsp3) is 0.529. The van der Waals surface area contributed by atoms with E-state index in [-0.39, 0.29) is 12.1 Å². The van der Waals surface area contributed by atoms with Crippen LogP contribution in [0.4, 0.5) is 10.6 Å². The zero-order chi connectivity index (χ0) is 16.5. The predicted octanol–water partition coefficient (Wildman–Crippen LogP) is 0.915. The van der Waals surface area contributed by atoms with E-state index in [0.29, 0.717) is 6.54 Å². The first kappa shape index (κ1) is 17.1. The maximum absolute atomic E-state index is 11.7. The van der Waals surface area contributed by atoms with E-state index >= 15 is 0 Å². The molecule has 0 saturated carbocycles. The molecule has 1 saturated heterocycles. The second-order valence-electron chi connectivity index (χ2n) is 5.63. The van der Waals surface area contributed by atoms with Crippen LogP contribution in [0.3, 0.4) is 0 Å². The van der Waals surface area contributed by atoms with Gasteiger partial charge in [-0.05, 0) is 26.0 Å². The number of anilines is 1. The van der Waals surface area contributed by atoms with Crippen LogP contribution in [0.5, 0.6) is 0 Å². The summed E-state index contributed by atoms with van der Waals surface area (Å²) in [5, 5.41) is 5.67. The van der Waals surface area contributed by atoms with Crippen molar-refractivity contribution in [2.75, 3.05) is 44.2 Å². The first-order chi connectivity index (χ1) is 11.2. The molecule has 2 amide bonds. The number of aromatic nitrogens is 1. The average Bonchev–Trinajstić information content (AvgIpc) is 2.56. The lowest BCUT2D eigenvalue weighted by Crippen LogP contribution is -2.52. The van der Waals surface area contributed by atoms with Crippen molar-refractivity contribution >= 4 is 11.8 Å². The first-order valence-corrected chi connectivity index (χ1v) is 8.01. The number of carbonyl (C=O) groups excluding carboxylic acids is 1. The minimum absolute atomic E-state index is 0.103. The highest BCUT2D eigenvalue weighted by atomic mass is 16.2. The Morgan fingerprint density at radius 3 is 2.78 bits per heavy atom. The monoisotopic (exact) mass is 315 g/mol. The molecule has 0 aliphatic carbocycles. The van der Waals surface area contributed by atoms with E-state index in [4.69, 9.17) is 0 Å². The highest BCUT2D eigenvalue weighted by Gasteiger charge is 2.19. The molecule has 2 rings (SSSR count). The molecule has 1 aliphatic rings. The summed E-state index contributed by atoms with van der Waals surface area (Å²) >= 11 is 0. The van der Waals surface area contributed by atoms with E-state index < -0.39 is 0 Å². The normalized spacial score (nSPS) is 16.2. The van der Waals surface area contributed by atoms with Crippen LogP contribution in [-0.4, -0.2) is 61.2 Å². The Morgan fingerprint density at radius 2 is 2.13 bits per heavy atom. The van der Waals surface area contributed by atoms with Crippen molar-refractivity contribution in [1.29, 1.82) is 0 Å². The maximum Gasteiger partial charge on any atom is 0.315 e. The molecule has 0 spiro atoms. The van der Waals surface area contributed by atoms with Crippen LogP contribution in [0, 0.1) is 11.8 Å². The van der Waals surface area contributed by atoms with Crippen LogP contribution in [0.25, 0.3) is 0 Å². The van der Waals surface area contributed by atoms with Gasteiger partial charge in [-0.2, -0.15) is 0 Å². The van der Waals surface area contributed by atoms with E-state index in [1.54, 1.807) is 6.92 Å². The Balaban J connectivity index is 1.69. The molecular formula is C17H25N5O. The van der Waals surface area contributed by atoms with E-state index in [0.717, 1.165) is 38.5 Å². The van der Waals surface area contributed by atoms with Gasteiger partial charge in [-0.25, -0.2) is 9.78 Å². The molecular weight excluding hydrogens is 290 g/mol. The molecule has 23 heavy (non-hydrogen) atoms. The molecule has 6 nitrogen and oxygen atoms in total. The van der Waals surface area contributed by atoms with Crippen LogP contribution >= 0.6 is 0 Å². The summed E-state index contributed by atoms with van der Waals surface area (Å²) in [6.45, 7) is 8.89. The molecule has 1 aromatic rings. The van der Waals surface area contributed by atoms with Gasteiger partial charge in [0.1, 0.15) is 5.82 Å². The molecule has 1 aliphatic heterocycles. The quantitative estimate of drug-likeness (QED) is 0.793. The number of hydrogen-bond donors (Lipinski definition) is 2. The van der Waals surface area contributed by atoms with E-state index in [1.165, 1.54) is 0 Å². The van der Waals surface area contributed by atoms with Crippen LogP contribution in [0.2, 0.25) is 0 Å². The Bertz CT molecular complexity index is 543. The summed E-state index contributed by atoms with van der Waals surface area (Å²) in [4.78, 5) is 20.7. The van der Waals surface area contributed by atoms with Crippen LogP contribution in [-0.2, 0) is 0 Å². The summed E-state index contributed by atoms with van der Waals surface area (Å²) in [5.74, 6) is 6.60. The van der Waals surface area contributed by atoms with Crippen molar-refractivity contribution in [2.24, 2.45) is 0 Å². The summed E-state index contributed by atoms with van der Waals surface area (Å²) in [7, 11) is 0. The summed E-state index contributed by atoms with van der Waals surface area (Å²) in [5.41, 5.74) is 0. The third-order valence-corrected chi connectivity index (χ3v) is 3.77. The zero-order valence-corrected chi connectivity index (χ0v) is 13.9. The predicted molar refractivity (Wildman–Crippen MR) is 92.3 cm³/mol. The molecule has 0 bridgehead atoms. The van der Waals surface area contributed by atoms with E-state index in [9.17, 15) is 4.79 Å². The number of nitrogens with one attached hydrogen (secondary N) is 2. The smallest absolute Gasteiger partial charge is 0.315 e. The molecule has 0 aromatic carbocycles. The Morgan fingerprint density at radius 1 is 1.35 bits per heavy atom. The number of urea groups is 1. The van der Waals surface area contributed by atoms with Gasteiger partial charge in [0, 0.05) is 45.0 Å². The minimum atomic E-state index is -0.160. The fourth-order valence-electron chi connectivity index (χ4n) is 2.62. The van der Waals surface area contributed by atoms with Crippen LogP contribution < -0.4 is 15.5 Å². The van der Waals surface area contributed by atoms with Gasteiger partial charge in [-0.15, -0.1) is 5.92 Å². The summed E-state index contributed by atoms with van der Waals surface area (Å²) in [6.07, 6.45) is 1.83. The van der Waals surface area contributed by atoms with Gasteiger partial charge < -0.3 is 15.5 Å². The molecule has 1 aromatic heterocycles. The lowest BCUT2D eigenvalue weighted by Gasteiger charge is -2.36. The fourth-order valence-corrected chi connectivity index (χ4v) is 2.62. The van der Waals surface area contributed by atoms with Crippen molar-refractivity contribution in [2.45, 2.75) is 19.9 Å². The number of carbonyl (C=O) groups is 1. The number of nitrogens with zero attached hydrogens (tertiary/aromatic N) is 3. The van der Waals surface area contributed by atoms with Crippen LogP contribution in [0.15, 0.2) is 24.4 Å². The van der Waals surface area contributed by atoms with Gasteiger partial charge in [0.25, 0.3) is 0 Å². The largest absolute Gasteiger partial charge is 0.354 e. The Kier molecular flexibility index (Phi) is 6.70. The zero-order valence-electron chi connectivity index (χ0n) is 13.9. The number of pyridine rings is 1. The third-order valence-electron chi connectivity index (χ3n) is 3.77. The molecule has 2 N–H and O–H groups in total. The minimum Gasteiger partial charge on any atom is -0.354 e.